The number of rotatable bonds is 6. The summed E-state index contributed by atoms with van der Waals surface area (Å²) in [4.78, 5) is 0. The molecule has 118 valence electrons. The average Bonchev–Trinajstić information content (AvgIpc) is 3.02. The Balaban J connectivity index is 1.57. The minimum absolute atomic E-state index is 0.225. The van der Waals surface area contributed by atoms with Crippen molar-refractivity contribution >= 4 is 5.82 Å². The molecule has 2 aromatic carbocycles. The van der Waals surface area contributed by atoms with Crippen molar-refractivity contribution in [3.8, 4) is 5.75 Å². The Labute approximate surface area is 134 Å². The monoisotopic (exact) mass is 311 g/mol. The molecule has 5 heteroatoms. The van der Waals surface area contributed by atoms with Gasteiger partial charge in [-0.2, -0.15) is 5.10 Å². The zero-order valence-corrected chi connectivity index (χ0v) is 12.9. The molecule has 4 nitrogen and oxygen atoms in total. The highest BCUT2D eigenvalue weighted by atomic mass is 19.1. The SMILES string of the molecule is COc1ccc(Cn2ccc(NCc3ccc(F)cc3)n2)cc1. The van der Waals surface area contributed by atoms with E-state index in [0.717, 1.165) is 22.7 Å². The van der Waals surface area contributed by atoms with E-state index in [2.05, 4.69) is 10.4 Å². The lowest BCUT2D eigenvalue weighted by Gasteiger charge is -2.05. The van der Waals surface area contributed by atoms with Crippen LogP contribution in [-0.2, 0) is 13.1 Å². The first-order valence-electron chi connectivity index (χ1n) is 7.37. The fourth-order valence-corrected chi connectivity index (χ4v) is 2.26. The maximum atomic E-state index is 12.9. The number of nitrogens with zero attached hydrogens (tertiary/aromatic N) is 2. The molecule has 0 aliphatic heterocycles. The number of methoxy groups -OCH3 is 1. The van der Waals surface area contributed by atoms with Gasteiger partial charge in [0.2, 0.25) is 0 Å². The van der Waals surface area contributed by atoms with Crippen LogP contribution in [0.2, 0.25) is 0 Å². The largest absolute Gasteiger partial charge is 0.497 e. The second kappa shape index (κ2) is 6.96. The summed E-state index contributed by atoms with van der Waals surface area (Å²) in [6.45, 7) is 1.31. The van der Waals surface area contributed by atoms with Gasteiger partial charge in [-0.1, -0.05) is 24.3 Å². The molecule has 1 heterocycles. The van der Waals surface area contributed by atoms with Crippen molar-refractivity contribution in [2.75, 3.05) is 12.4 Å². The van der Waals surface area contributed by atoms with E-state index in [1.54, 1.807) is 19.2 Å². The van der Waals surface area contributed by atoms with Gasteiger partial charge in [-0.3, -0.25) is 4.68 Å². The lowest BCUT2D eigenvalue weighted by molar-refractivity contribution is 0.414. The summed E-state index contributed by atoms with van der Waals surface area (Å²) in [5, 5.41) is 7.71. The van der Waals surface area contributed by atoms with Crippen LogP contribution >= 0.6 is 0 Å². The predicted octanol–water partition coefficient (Wildman–Crippen LogP) is 3.69. The molecular weight excluding hydrogens is 293 g/mol. The molecule has 0 atom stereocenters. The van der Waals surface area contributed by atoms with Crippen molar-refractivity contribution in [2.24, 2.45) is 0 Å². The van der Waals surface area contributed by atoms with Crippen LogP contribution in [0.3, 0.4) is 0 Å². The Hall–Kier alpha value is -2.82. The van der Waals surface area contributed by atoms with Gasteiger partial charge in [0.25, 0.3) is 0 Å². The van der Waals surface area contributed by atoms with Gasteiger partial charge in [0.05, 0.1) is 13.7 Å². The van der Waals surface area contributed by atoms with Crippen LogP contribution in [0.25, 0.3) is 0 Å². The minimum Gasteiger partial charge on any atom is -0.497 e. The van der Waals surface area contributed by atoms with Gasteiger partial charge < -0.3 is 10.1 Å². The van der Waals surface area contributed by atoms with E-state index in [4.69, 9.17) is 4.74 Å². The molecule has 1 aromatic heterocycles. The van der Waals surface area contributed by atoms with Crippen molar-refractivity contribution in [2.45, 2.75) is 13.1 Å². The number of hydrogen-bond acceptors (Lipinski definition) is 3. The van der Waals surface area contributed by atoms with Crippen molar-refractivity contribution < 1.29 is 9.13 Å². The van der Waals surface area contributed by atoms with Crippen LogP contribution in [0.4, 0.5) is 10.2 Å². The Kier molecular flexibility index (Phi) is 4.57. The van der Waals surface area contributed by atoms with Gasteiger partial charge in [-0.15, -0.1) is 0 Å². The van der Waals surface area contributed by atoms with Crippen LogP contribution in [0.5, 0.6) is 5.75 Å². The molecule has 0 aliphatic carbocycles. The van der Waals surface area contributed by atoms with Crippen molar-refractivity contribution in [1.82, 2.24) is 9.78 Å². The van der Waals surface area contributed by atoms with Crippen LogP contribution in [0.15, 0.2) is 60.8 Å². The van der Waals surface area contributed by atoms with Crippen LogP contribution in [0, 0.1) is 5.82 Å². The standard InChI is InChI=1S/C18H18FN3O/c1-23-17-8-4-15(5-9-17)13-22-11-10-18(21-22)20-12-14-2-6-16(19)7-3-14/h2-11H,12-13H2,1H3,(H,20,21). The van der Waals surface area contributed by atoms with Gasteiger partial charge >= 0.3 is 0 Å². The van der Waals surface area contributed by atoms with Crippen molar-refractivity contribution in [3.05, 3.63) is 77.7 Å². The molecule has 0 unspecified atom stereocenters. The molecule has 0 saturated heterocycles. The van der Waals surface area contributed by atoms with E-state index in [9.17, 15) is 4.39 Å². The molecular formula is C18H18FN3O. The van der Waals surface area contributed by atoms with E-state index in [-0.39, 0.29) is 5.82 Å². The normalized spacial score (nSPS) is 10.5. The van der Waals surface area contributed by atoms with Gasteiger partial charge in [-0.05, 0) is 35.4 Å². The number of hydrogen-bond donors (Lipinski definition) is 1. The Morgan fingerprint density at radius 1 is 1.00 bits per heavy atom. The summed E-state index contributed by atoms with van der Waals surface area (Å²) >= 11 is 0. The molecule has 1 N–H and O–H groups in total. The second-order valence-electron chi connectivity index (χ2n) is 5.23. The summed E-state index contributed by atoms with van der Waals surface area (Å²) in [5.41, 5.74) is 2.16. The highest BCUT2D eigenvalue weighted by Crippen LogP contribution is 2.13. The van der Waals surface area contributed by atoms with E-state index in [0.29, 0.717) is 13.1 Å². The third-order valence-electron chi connectivity index (χ3n) is 3.53. The fraction of sp³-hybridized carbons (Fsp3) is 0.167. The number of aromatic nitrogens is 2. The predicted molar refractivity (Wildman–Crippen MR) is 88.0 cm³/mol. The smallest absolute Gasteiger partial charge is 0.148 e. The molecule has 0 radical (unpaired) electrons. The first-order chi connectivity index (χ1) is 11.2. The number of ether oxygens (including phenoxy) is 1. The zero-order chi connectivity index (χ0) is 16.1. The molecule has 0 spiro atoms. The lowest BCUT2D eigenvalue weighted by atomic mass is 10.2. The number of halogens is 1. The molecule has 3 rings (SSSR count). The maximum absolute atomic E-state index is 12.9. The summed E-state index contributed by atoms with van der Waals surface area (Å²) in [6.07, 6.45) is 1.93. The molecule has 0 fully saturated rings. The third kappa shape index (κ3) is 4.10. The fourth-order valence-electron chi connectivity index (χ4n) is 2.26. The summed E-state index contributed by atoms with van der Waals surface area (Å²) in [7, 11) is 1.65. The quantitative estimate of drug-likeness (QED) is 0.754. The number of nitrogens with one attached hydrogen (secondary N) is 1. The first kappa shape index (κ1) is 15.1. The van der Waals surface area contributed by atoms with E-state index in [1.165, 1.54) is 12.1 Å². The topological polar surface area (TPSA) is 39.1 Å². The number of benzene rings is 2. The van der Waals surface area contributed by atoms with Gasteiger partial charge in [-0.25, -0.2) is 4.39 Å². The number of anilines is 1. The Bertz CT molecular complexity index is 751. The van der Waals surface area contributed by atoms with Gasteiger partial charge in [0.1, 0.15) is 17.4 Å². The molecule has 3 aromatic rings. The average molecular weight is 311 g/mol. The Morgan fingerprint density at radius 3 is 2.39 bits per heavy atom. The summed E-state index contributed by atoms with van der Waals surface area (Å²) in [6, 6.07) is 16.3. The Morgan fingerprint density at radius 2 is 1.70 bits per heavy atom. The third-order valence-corrected chi connectivity index (χ3v) is 3.53. The lowest BCUT2D eigenvalue weighted by Crippen LogP contribution is -2.03. The zero-order valence-electron chi connectivity index (χ0n) is 12.9. The van der Waals surface area contributed by atoms with Gasteiger partial charge in [0.15, 0.2) is 0 Å². The molecule has 0 saturated carbocycles. The van der Waals surface area contributed by atoms with E-state index < -0.39 is 0 Å². The molecule has 0 aliphatic rings. The maximum Gasteiger partial charge on any atom is 0.148 e. The van der Waals surface area contributed by atoms with Crippen molar-refractivity contribution in [1.29, 1.82) is 0 Å². The second-order valence-corrected chi connectivity index (χ2v) is 5.23. The molecule has 23 heavy (non-hydrogen) atoms. The summed E-state index contributed by atoms with van der Waals surface area (Å²) in [5.74, 6) is 1.41. The molecule has 0 bridgehead atoms. The highest BCUT2D eigenvalue weighted by molar-refractivity contribution is 5.34. The van der Waals surface area contributed by atoms with Crippen molar-refractivity contribution in [3.63, 3.8) is 0 Å². The minimum atomic E-state index is -0.225. The van der Waals surface area contributed by atoms with Gasteiger partial charge in [0, 0.05) is 18.8 Å². The molecule has 0 amide bonds. The summed E-state index contributed by atoms with van der Waals surface area (Å²) < 4.78 is 19.9. The van der Waals surface area contributed by atoms with E-state index >= 15 is 0 Å². The van der Waals surface area contributed by atoms with Crippen LogP contribution in [-0.4, -0.2) is 16.9 Å². The van der Waals surface area contributed by atoms with Crippen LogP contribution < -0.4 is 10.1 Å². The first-order valence-corrected chi connectivity index (χ1v) is 7.37. The van der Waals surface area contributed by atoms with Crippen LogP contribution in [0.1, 0.15) is 11.1 Å². The van der Waals surface area contributed by atoms with E-state index in [1.807, 2.05) is 41.2 Å². The highest BCUT2D eigenvalue weighted by Gasteiger charge is 2.01.